The zero-order valence-corrected chi connectivity index (χ0v) is 12.9. The second-order valence-corrected chi connectivity index (χ2v) is 5.00. The van der Waals surface area contributed by atoms with Gasteiger partial charge in [0.15, 0.2) is 11.5 Å². The van der Waals surface area contributed by atoms with E-state index in [9.17, 15) is 4.79 Å². The van der Waals surface area contributed by atoms with Crippen LogP contribution in [0.15, 0.2) is 22.2 Å². The number of nitrogens with one attached hydrogen (secondary N) is 1. The third kappa shape index (κ3) is 3.74. The number of fused-ring (bicyclic) bond motifs is 1. The van der Waals surface area contributed by atoms with Gasteiger partial charge in [0.1, 0.15) is 11.6 Å². The SMILES string of the molecule is COCCNC(=O)/C(C#N)=C/c1cc2c(cc1Br)OCO2. The Morgan fingerprint density at radius 3 is 2.90 bits per heavy atom. The Morgan fingerprint density at radius 2 is 2.24 bits per heavy atom. The first kappa shape index (κ1) is 15.4. The van der Waals surface area contributed by atoms with Gasteiger partial charge in [-0.15, -0.1) is 0 Å². The van der Waals surface area contributed by atoms with E-state index in [1.54, 1.807) is 12.1 Å². The summed E-state index contributed by atoms with van der Waals surface area (Å²) in [6.07, 6.45) is 1.49. The number of rotatable bonds is 5. The zero-order chi connectivity index (χ0) is 15.2. The number of ether oxygens (including phenoxy) is 3. The quantitative estimate of drug-likeness (QED) is 0.496. The Balaban J connectivity index is 2.20. The Morgan fingerprint density at radius 1 is 1.52 bits per heavy atom. The maximum absolute atomic E-state index is 11.9. The number of nitriles is 1. The first-order valence-electron chi connectivity index (χ1n) is 6.13. The summed E-state index contributed by atoms with van der Waals surface area (Å²) < 4.78 is 16.1. The molecule has 1 amide bonds. The van der Waals surface area contributed by atoms with E-state index in [4.69, 9.17) is 19.5 Å². The van der Waals surface area contributed by atoms with Crippen molar-refractivity contribution in [2.24, 2.45) is 0 Å². The number of amides is 1. The lowest BCUT2D eigenvalue weighted by molar-refractivity contribution is -0.117. The molecule has 110 valence electrons. The van der Waals surface area contributed by atoms with Crippen LogP contribution in [0.4, 0.5) is 0 Å². The number of hydrogen-bond donors (Lipinski definition) is 1. The lowest BCUT2D eigenvalue weighted by Gasteiger charge is -2.05. The lowest BCUT2D eigenvalue weighted by atomic mass is 10.1. The van der Waals surface area contributed by atoms with E-state index in [1.165, 1.54) is 13.2 Å². The van der Waals surface area contributed by atoms with Crippen LogP contribution in [0.25, 0.3) is 6.08 Å². The van der Waals surface area contributed by atoms with Crippen LogP contribution in [0.3, 0.4) is 0 Å². The highest BCUT2D eigenvalue weighted by atomic mass is 79.9. The van der Waals surface area contributed by atoms with Gasteiger partial charge in [0.2, 0.25) is 6.79 Å². The van der Waals surface area contributed by atoms with E-state index in [0.29, 0.717) is 34.7 Å². The topological polar surface area (TPSA) is 80.6 Å². The van der Waals surface area contributed by atoms with Gasteiger partial charge in [-0.05, 0) is 23.8 Å². The van der Waals surface area contributed by atoms with Gasteiger partial charge >= 0.3 is 0 Å². The summed E-state index contributed by atoms with van der Waals surface area (Å²) >= 11 is 3.38. The predicted octanol–water partition coefficient (Wildman–Crippen LogP) is 1.85. The number of halogens is 1. The Hall–Kier alpha value is -2.04. The van der Waals surface area contributed by atoms with Gasteiger partial charge in [-0.3, -0.25) is 4.79 Å². The van der Waals surface area contributed by atoms with Crippen LogP contribution in [-0.4, -0.2) is 33.0 Å². The molecule has 6 nitrogen and oxygen atoms in total. The molecule has 0 fully saturated rings. The molecule has 21 heavy (non-hydrogen) atoms. The van der Waals surface area contributed by atoms with Crippen molar-refractivity contribution in [2.45, 2.75) is 0 Å². The molecular formula is C14H13BrN2O4. The molecule has 0 saturated heterocycles. The lowest BCUT2D eigenvalue weighted by Crippen LogP contribution is -2.27. The molecule has 1 aliphatic heterocycles. The third-order valence-electron chi connectivity index (χ3n) is 2.75. The molecule has 0 bridgehead atoms. The molecule has 0 aliphatic carbocycles. The van der Waals surface area contributed by atoms with Crippen LogP contribution in [0.2, 0.25) is 0 Å². The highest BCUT2D eigenvalue weighted by molar-refractivity contribution is 9.10. The van der Waals surface area contributed by atoms with Crippen molar-refractivity contribution < 1.29 is 19.0 Å². The molecule has 1 aromatic carbocycles. The number of hydrogen-bond acceptors (Lipinski definition) is 5. The molecule has 0 atom stereocenters. The normalized spacial score (nSPS) is 12.9. The monoisotopic (exact) mass is 352 g/mol. The van der Waals surface area contributed by atoms with Crippen LogP contribution >= 0.6 is 15.9 Å². The molecule has 1 N–H and O–H groups in total. The fraction of sp³-hybridized carbons (Fsp3) is 0.286. The number of carbonyl (C=O) groups excluding carboxylic acids is 1. The van der Waals surface area contributed by atoms with Gasteiger partial charge in [0.25, 0.3) is 5.91 Å². The Bertz CT molecular complexity index is 622. The highest BCUT2D eigenvalue weighted by Gasteiger charge is 2.17. The van der Waals surface area contributed by atoms with Gasteiger partial charge in [-0.25, -0.2) is 0 Å². The first-order chi connectivity index (χ1) is 10.2. The van der Waals surface area contributed by atoms with Crippen molar-refractivity contribution in [1.29, 1.82) is 5.26 Å². The maximum Gasteiger partial charge on any atom is 0.262 e. The summed E-state index contributed by atoms with van der Waals surface area (Å²) in [6.45, 7) is 0.895. The molecule has 0 radical (unpaired) electrons. The van der Waals surface area contributed by atoms with Gasteiger partial charge in [-0.1, -0.05) is 15.9 Å². The van der Waals surface area contributed by atoms with Crippen molar-refractivity contribution in [1.82, 2.24) is 5.32 Å². The molecule has 0 saturated carbocycles. The third-order valence-corrected chi connectivity index (χ3v) is 3.44. The number of benzene rings is 1. The summed E-state index contributed by atoms with van der Waals surface area (Å²) in [7, 11) is 1.54. The Labute approximate surface area is 130 Å². The van der Waals surface area contributed by atoms with Crippen LogP contribution in [0, 0.1) is 11.3 Å². The van der Waals surface area contributed by atoms with Gasteiger partial charge in [0.05, 0.1) is 6.61 Å². The molecule has 1 aromatic rings. The minimum absolute atomic E-state index is 0.00525. The number of carbonyl (C=O) groups is 1. The second kappa shape index (κ2) is 7.11. The van der Waals surface area contributed by atoms with E-state index in [1.807, 2.05) is 6.07 Å². The van der Waals surface area contributed by atoms with Crippen LogP contribution in [0.5, 0.6) is 11.5 Å². The minimum Gasteiger partial charge on any atom is -0.454 e. The van der Waals surface area contributed by atoms with Crippen molar-refractivity contribution in [3.05, 3.63) is 27.7 Å². The molecule has 0 aromatic heterocycles. The average Bonchev–Trinajstić information content (AvgIpc) is 2.91. The fourth-order valence-corrected chi connectivity index (χ4v) is 2.15. The van der Waals surface area contributed by atoms with Gasteiger partial charge < -0.3 is 19.5 Å². The van der Waals surface area contributed by atoms with Crippen LogP contribution < -0.4 is 14.8 Å². The number of nitrogens with zero attached hydrogens (tertiary/aromatic N) is 1. The van der Waals surface area contributed by atoms with E-state index < -0.39 is 5.91 Å². The van der Waals surface area contributed by atoms with E-state index in [-0.39, 0.29) is 12.4 Å². The maximum atomic E-state index is 11.9. The van der Waals surface area contributed by atoms with Gasteiger partial charge in [0, 0.05) is 18.1 Å². The summed E-state index contributed by atoms with van der Waals surface area (Å²) in [4.78, 5) is 11.9. The standard InChI is InChI=1S/C14H13BrN2O4/c1-19-3-2-17-14(18)10(7-16)4-9-5-12-13(6-11(9)15)21-8-20-12/h4-6H,2-3,8H2,1H3,(H,17,18)/b10-4+. The zero-order valence-electron chi connectivity index (χ0n) is 11.3. The van der Waals surface area contributed by atoms with E-state index >= 15 is 0 Å². The highest BCUT2D eigenvalue weighted by Crippen LogP contribution is 2.37. The molecule has 0 unspecified atom stereocenters. The van der Waals surface area contributed by atoms with Crippen LogP contribution in [-0.2, 0) is 9.53 Å². The molecule has 1 aliphatic rings. The largest absolute Gasteiger partial charge is 0.454 e. The summed E-state index contributed by atoms with van der Waals surface area (Å²) in [5.74, 6) is 0.766. The van der Waals surface area contributed by atoms with E-state index in [2.05, 4.69) is 21.2 Å². The minimum atomic E-state index is -0.445. The summed E-state index contributed by atoms with van der Waals surface area (Å²) in [6, 6.07) is 5.34. The van der Waals surface area contributed by atoms with Crippen molar-refractivity contribution >= 4 is 27.9 Å². The molecule has 1 heterocycles. The first-order valence-corrected chi connectivity index (χ1v) is 6.93. The summed E-state index contributed by atoms with van der Waals surface area (Å²) in [5.41, 5.74) is 0.670. The summed E-state index contributed by atoms with van der Waals surface area (Å²) in [5, 5.41) is 11.7. The van der Waals surface area contributed by atoms with Crippen molar-refractivity contribution in [2.75, 3.05) is 27.1 Å². The molecular weight excluding hydrogens is 340 g/mol. The van der Waals surface area contributed by atoms with Crippen molar-refractivity contribution in [3.8, 4) is 17.6 Å². The predicted molar refractivity (Wildman–Crippen MR) is 78.7 cm³/mol. The fourth-order valence-electron chi connectivity index (χ4n) is 1.71. The van der Waals surface area contributed by atoms with Gasteiger partial charge in [-0.2, -0.15) is 5.26 Å². The smallest absolute Gasteiger partial charge is 0.262 e. The Kier molecular flexibility index (Phi) is 5.20. The number of methoxy groups -OCH3 is 1. The molecule has 7 heteroatoms. The second-order valence-electron chi connectivity index (χ2n) is 4.15. The van der Waals surface area contributed by atoms with Crippen molar-refractivity contribution in [3.63, 3.8) is 0 Å². The average molecular weight is 353 g/mol. The van der Waals surface area contributed by atoms with E-state index in [0.717, 1.165) is 0 Å². The molecule has 0 spiro atoms. The molecule has 2 rings (SSSR count). The van der Waals surface area contributed by atoms with Crippen LogP contribution in [0.1, 0.15) is 5.56 Å².